The van der Waals surface area contributed by atoms with Gasteiger partial charge in [-0.25, -0.2) is 8.42 Å². The molecule has 0 heterocycles. The van der Waals surface area contributed by atoms with Gasteiger partial charge in [0.1, 0.15) is 0 Å². The molecule has 3 aromatic carbocycles. The van der Waals surface area contributed by atoms with Crippen LogP contribution in [0.5, 0.6) is 0 Å². The summed E-state index contributed by atoms with van der Waals surface area (Å²) >= 11 is 13.9. The first-order valence-corrected chi connectivity index (χ1v) is 13.1. The van der Waals surface area contributed by atoms with Crippen LogP contribution in [0.1, 0.15) is 15.9 Å². The van der Waals surface area contributed by atoms with Gasteiger partial charge in [0, 0.05) is 40.7 Å². The first-order chi connectivity index (χ1) is 15.3. The van der Waals surface area contributed by atoms with E-state index in [1.165, 1.54) is 11.4 Å². The minimum absolute atomic E-state index is 0.208. The Morgan fingerprint density at radius 1 is 0.938 bits per heavy atom. The predicted octanol–water partition coefficient (Wildman–Crippen LogP) is 5.48. The largest absolute Gasteiger partial charge is 0.351 e. The molecule has 32 heavy (non-hydrogen) atoms. The molecule has 0 spiro atoms. The van der Waals surface area contributed by atoms with E-state index in [1.54, 1.807) is 84.6 Å². The second kappa shape index (κ2) is 11.1. The average Bonchev–Trinajstić information content (AvgIpc) is 2.80. The molecule has 3 aromatic rings. The number of amides is 1. The molecular weight excluding hydrogens is 487 g/mol. The van der Waals surface area contributed by atoms with Gasteiger partial charge in [0.15, 0.2) is 0 Å². The van der Waals surface area contributed by atoms with Crippen LogP contribution in [0.4, 0.5) is 5.69 Å². The Morgan fingerprint density at radius 2 is 1.56 bits per heavy atom. The van der Waals surface area contributed by atoms with Crippen molar-refractivity contribution in [2.45, 2.75) is 10.6 Å². The molecule has 0 aromatic heterocycles. The molecule has 5 nitrogen and oxygen atoms in total. The second-order valence-corrected chi connectivity index (χ2v) is 10.7. The Kier molecular flexibility index (Phi) is 8.48. The molecule has 3 rings (SSSR count). The Hall–Kier alpha value is -2.19. The summed E-state index contributed by atoms with van der Waals surface area (Å²) in [4.78, 5) is 12.6. The van der Waals surface area contributed by atoms with Crippen LogP contribution >= 0.6 is 35.0 Å². The number of nitrogens with one attached hydrogen (secondary N) is 1. The molecule has 0 fully saturated rings. The highest BCUT2D eigenvalue weighted by atomic mass is 35.5. The van der Waals surface area contributed by atoms with Crippen molar-refractivity contribution in [3.05, 3.63) is 94.0 Å². The van der Waals surface area contributed by atoms with Crippen LogP contribution in [0.2, 0.25) is 10.0 Å². The molecule has 0 aliphatic carbocycles. The van der Waals surface area contributed by atoms with Crippen LogP contribution in [-0.2, 0) is 15.8 Å². The number of nitrogens with zero attached hydrogens (tertiary/aromatic N) is 1. The van der Waals surface area contributed by atoms with E-state index < -0.39 is 10.0 Å². The first kappa shape index (κ1) is 24.5. The molecule has 0 atom stereocenters. The quantitative estimate of drug-likeness (QED) is 0.388. The summed E-state index contributed by atoms with van der Waals surface area (Å²) in [5.41, 5.74) is 1.81. The highest BCUT2D eigenvalue weighted by Gasteiger charge is 2.21. The number of hydrogen-bond donors (Lipinski definition) is 1. The van der Waals surface area contributed by atoms with Crippen molar-refractivity contribution >= 4 is 56.6 Å². The minimum Gasteiger partial charge on any atom is -0.351 e. The van der Waals surface area contributed by atoms with E-state index in [1.807, 2.05) is 0 Å². The van der Waals surface area contributed by atoms with Gasteiger partial charge in [-0.15, -0.1) is 0 Å². The molecule has 0 radical (unpaired) electrons. The van der Waals surface area contributed by atoms with Crippen molar-refractivity contribution in [1.82, 2.24) is 5.32 Å². The fourth-order valence-corrected chi connectivity index (χ4v) is 5.71. The van der Waals surface area contributed by atoms with Gasteiger partial charge in [0.25, 0.3) is 15.9 Å². The van der Waals surface area contributed by atoms with Gasteiger partial charge in [-0.3, -0.25) is 9.10 Å². The lowest BCUT2D eigenvalue weighted by Gasteiger charge is -2.19. The minimum atomic E-state index is -3.66. The number of benzene rings is 3. The van der Waals surface area contributed by atoms with Gasteiger partial charge in [-0.1, -0.05) is 47.5 Å². The van der Waals surface area contributed by atoms with Crippen LogP contribution in [0.15, 0.2) is 77.7 Å². The molecule has 9 heteroatoms. The summed E-state index contributed by atoms with van der Waals surface area (Å²) in [5, 5.41) is 4.13. The molecular formula is C23H22Cl2N2O3S2. The van der Waals surface area contributed by atoms with E-state index >= 15 is 0 Å². The molecule has 1 amide bonds. The van der Waals surface area contributed by atoms with Crippen LogP contribution in [-0.4, -0.2) is 33.7 Å². The predicted molar refractivity (Wildman–Crippen MR) is 133 cm³/mol. The fourth-order valence-electron chi connectivity index (χ4n) is 2.90. The third-order valence-corrected chi connectivity index (χ3v) is 8.23. The number of anilines is 1. The number of sulfonamides is 1. The van der Waals surface area contributed by atoms with Crippen molar-refractivity contribution in [3.63, 3.8) is 0 Å². The molecule has 0 aliphatic heterocycles. The summed E-state index contributed by atoms with van der Waals surface area (Å²) in [5.74, 6) is 1.14. The lowest BCUT2D eigenvalue weighted by molar-refractivity contribution is 0.0956. The topological polar surface area (TPSA) is 66.5 Å². The Morgan fingerprint density at radius 3 is 2.19 bits per heavy atom. The smallest absolute Gasteiger partial charge is 0.264 e. The van der Waals surface area contributed by atoms with Crippen molar-refractivity contribution in [2.75, 3.05) is 23.7 Å². The lowest BCUT2D eigenvalue weighted by Crippen LogP contribution is -2.27. The molecule has 0 aliphatic rings. The zero-order valence-electron chi connectivity index (χ0n) is 17.3. The number of thioether (sulfide) groups is 1. The van der Waals surface area contributed by atoms with E-state index in [0.29, 0.717) is 39.3 Å². The Labute approximate surface area is 202 Å². The molecule has 0 unspecified atom stereocenters. The summed E-state index contributed by atoms with van der Waals surface area (Å²) in [6, 6.07) is 20.1. The zero-order chi connectivity index (χ0) is 23.1. The first-order valence-electron chi connectivity index (χ1n) is 9.73. The zero-order valence-corrected chi connectivity index (χ0v) is 20.4. The maximum atomic E-state index is 12.7. The van der Waals surface area contributed by atoms with Gasteiger partial charge in [-0.2, -0.15) is 11.8 Å². The van der Waals surface area contributed by atoms with Crippen molar-refractivity contribution in [3.8, 4) is 0 Å². The van der Waals surface area contributed by atoms with E-state index in [9.17, 15) is 13.2 Å². The fraction of sp³-hybridized carbons (Fsp3) is 0.174. The highest BCUT2D eigenvalue weighted by molar-refractivity contribution is 7.98. The number of carbonyl (C=O) groups excluding carboxylic acids is 1. The SMILES string of the molecule is CN(c1ccc(C(=O)NCCSCc2c(Cl)cccc2Cl)cc1)S(=O)(=O)c1ccccc1. The maximum absolute atomic E-state index is 12.7. The van der Waals surface area contributed by atoms with Crippen LogP contribution in [0.3, 0.4) is 0 Å². The lowest BCUT2D eigenvalue weighted by atomic mass is 10.2. The van der Waals surface area contributed by atoms with Crippen molar-refractivity contribution in [2.24, 2.45) is 0 Å². The number of rotatable bonds is 9. The Bertz CT molecular complexity index is 1150. The van der Waals surface area contributed by atoms with Crippen LogP contribution in [0, 0.1) is 0 Å². The van der Waals surface area contributed by atoms with E-state index in [4.69, 9.17) is 23.2 Å². The monoisotopic (exact) mass is 508 g/mol. The van der Waals surface area contributed by atoms with E-state index in [0.717, 1.165) is 5.56 Å². The van der Waals surface area contributed by atoms with Gasteiger partial charge in [0.2, 0.25) is 0 Å². The summed E-state index contributed by atoms with van der Waals surface area (Å²) in [7, 11) is -2.18. The summed E-state index contributed by atoms with van der Waals surface area (Å²) < 4.78 is 26.6. The molecule has 0 bridgehead atoms. The van der Waals surface area contributed by atoms with Crippen molar-refractivity contribution in [1.29, 1.82) is 0 Å². The number of halogens is 2. The highest BCUT2D eigenvalue weighted by Crippen LogP contribution is 2.28. The van der Waals surface area contributed by atoms with E-state index in [-0.39, 0.29) is 10.8 Å². The molecule has 1 N–H and O–H groups in total. The number of carbonyl (C=O) groups is 1. The third-order valence-electron chi connectivity index (χ3n) is 4.73. The van der Waals surface area contributed by atoms with Gasteiger partial charge >= 0.3 is 0 Å². The molecule has 0 saturated carbocycles. The molecule has 168 valence electrons. The Balaban J connectivity index is 1.52. The maximum Gasteiger partial charge on any atom is 0.264 e. The number of hydrogen-bond acceptors (Lipinski definition) is 4. The van der Waals surface area contributed by atoms with Crippen LogP contribution in [0.25, 0.3) is 0 Å². The standard InChI is InChI=1S/C23H22Cl2N2O3S2/c1-27(32(29,30)19-6-3-2-4-7-19)18-12-10-17(11-13-18)23(28)26-14-15-31-16-20-21(24)8-5-9-22(20)25/h2-13H,14-16H2,1H3,(H,26,28). The average molecular weight is 509 g/mol. The van der Waals surface area contributed by atoms with Gasteiger partial charge < -0.3 is 5.32 Å². The second-order valence-electron chi connectivity index (χ2n) is 6.84. The van der Waals surface area contributed by atoms with Gasteiger partial charge in [-0.05, 0) is 54.1 Å². The summed E-state index contributed by atoms with van der Waals surface area (Å²) in [6.07, 6.45) is 0. The van der Waals surface area contributed by atoms with Crippen LogP contribution < -0.4 is 9.62 Å². The molecule has 0 saturated heterocycles. The summed E-state index contributed by atoms with van der Waals surface area (Å²) in [6.45, 7) is 0.482. The van der Waals surface area contributed by atoms with Gasteiger partial charge in [0.05, 0.1) is 10.6 Å². The van der Waals surface area contributed by atoms with Crippen molar-refractivity contribution < 1.29 is 13.2 Å². The third kappa shape index (κ3) is 5.98. The normalized spacial score (nSPS) is 11.2. The van der Waals surface area contributed by atoms with E-state index in [2.05, 4.69) is 5.32 Å².